The summed E-state index contributed by atoms with van der Waals surface area (Å²) in [5.74, 6) is 1.10. The Bertz CT molecular complexity index is 751. The van der Waals surface area contributed by atoms with Gasteiger partial charge in [0, 0.05) is 27.2 Å². The van der Waals surface area contributed by atoms with Crippen molar-refractivity contribution in [3.63, 3.8) is 0 Å². The minimum absolute atomic E-state index is 0.289. The number of hydrogen-bond acceptors (Lipinski definition) is 4. The van der Waals surface area contributed by atoms with Crippen LogP contribution in [0.3, 0.4) is 0 Å². The second kappa shape index (κ2) is 3.47. The predicted molar refractivity (Wildman–Crippen MR) is 67.9 cm³/mol. The number of hydrogen-bond donors (Lipinski definition) is 1. The molecule has 0 aliphatic carbocycles. The van der Waals surface area contributed by atoms with E-state index in [1.54, 1.807) is 7.05 Å². The van der Waals surface area contributed by atoms with Crippen LogP contribution >= 0.6 is 0 Å². The maximum Gasteiger partial charge on any atom is 0.332 e. The van der Waals surface area contributed by atoms with Gasteiger partial charge in [-0.3, -0.25) is 13.9 Å². The van der Waals surface area contributed by atoms with Crippen LogP contribution in [0.2, 0.25) is 0 Å². The first-order chi connectivity index (χ1) is 8.50. The summed E-state index contributed by atoms with van der Waals surface area (Å²) in [5.41, 5.74) is 0.298. The predicted octanol–water partition coefficient (Wildman–Crippen LogP) is -0.505. The fourth-order valence-corrected chi connectivity index (χ4v) is 2.40. The lowest BCUT2D eigenvalue weighted by molar-refractivity contribution is 0.484. The van der Waals surface area contributed by atoms with Crippen molar-refractivity contribution < 1.29 is 0 Å². The Morgan fingerprint density at radius 1 is 1.28 bits per heavy atom. The van der Waals surface area contributed by atoms with E-state index in [0.29, 0.717) is 23.0 Å². The number of aromatic nitrogens is 4. The molecule has 0 unspecified atom stereocenters. The van der Waals surface area contributed by atoms with E-state index in [1.165, 1.54) is 11.6 Å². The molecular weight excluding hydrogens is 234 g/mol. The van der Waals surface area contributed by atoms with Crippen LogP contribution in [0.1, 0.15) is 6.92 Å². The van der Waals surface area contributed by atoms with Gasteiger partial charge in [0.2, 0.25) is 5.95 Å². The summed E-state index contributed by atoms with van der Waals surface area (Å²) in [6.07, 6.45) is 0. The number of nitrogens with zero attached hydrogens (tertiary/aromatic N) is 4. The highest BCUT2D eigenvalue weighted by Gasteiger charge is 2.23. The zero-order valence-corrected chi connectivity index (χ0v) is 10.6. The highest BCUT2D eigenvalue weighted by Crippen LogP contribution is 2.21. The SMILES string of the molecule is C[C@H]1CNc2nc3c(c(=O)n(C)c(=O)n3C)n2C1. The average molecular weight is 249 g/mol. The van der Waals surface area contributed by atoms with Crippen molar-refractivity contribution in [3.05, 3.63) is 20.8 Å². The standard InChI is InChI=1S/C11H15N5O2/c1-6-4-12-10-13-8-7(16(10)5-6)9(17)15(3)11(18)14(8)2/h6H,4-5H2,1-3H3,(H,12,13)/t6-/m0/s1. The molecule has 0 radical (unpaired) electrons. The van der Waals surface area contributed by atoms with Crippen molar-refractivity contribution in [2.45, 2.75) is 13.5 Å². The normalized spacial score (nSPS) is 18.7. The Balaban J connectivity index is 2.49. The summed E-state index contributed by atoms with van der Waals surface area (Å²) in [6.45, 7) is 3.68. The van der Waals surface area contributed by atoms with Gasteiger partial charge in [-0.2, -0.15) is 4.98 Å². The van der Waals surface area contributed by atoms with Gasteiger partial charge >= 0.3 is 5.69 Å². The number of anilines is 1. The van der Waals surface area contributed by atoms with Gasteiger partial charge in [-0.15, -0.1) is 0 Å². The summed E-state index contributed by atoms with van der Waals surface area (Å²) in [5, 5.41) is 3.18. The van der Waals surface area contributed by atoms with Gasteiger partial charge in [0.15, 0.2) is 11.2 Å². The number of rotatable bonds is 0. The molecule has 3 heterocycles. The summed E-state index contributed by atoms with van der Waals surface area (Å²) < 4.78 is 4.40. The molecule has 7 heteroatoms. The molecule has 2 aromatic heterocycles. The Kier molecular flexibility index (Phi) is 2.13. The summed E-state index contributed by atoms with van der Waals surface area (Å²) in [6, 6.07) is 0. The van der Waals surface area contributed by atoms with Crippen molar-refractivity contribution in [1.82, 2.24) is 18.7 Å². The molecule has 0 spiro atoms. The summed E-state index contributed by atoms with van der Waals surface area (Å²) in [7, 11) is 3.12. The maximum atomic E-state index is 12.2. The number of fused-ring (bicyclic) bond motifs is 3. The monoisotopic (exact) mass is 249 g/mol. The van der Waals surface area contributed by atoms with E-state index in [-0.39, 0.29) is 11.2 Å². The summed E-state index contributed by atoms with van der Waals surface area (Å²) >= 11 is 0. The molecule has 7 nitrogen and oxygen atoms in total. The average Bonchev–Trinajstić information content (AvgIpc) is 2.72. The molecule has 0 fully saturated rings. The number of aryl methyl sites for hydroxylation is 1. The molecule has 2 aromatic rings. The smallest absolute Gasteiger partial charge is 0.332 e. The van der Waals surface area contributed by atoms with Crippen LogP contribution in [-0.2, 0) is 20.6 Å². The van der Waals surface area contributed by atoms with Gasteiger partial charge in [0.05, 0.1) is 0 Å². The van der Waals surface area contributed by atoms with Crippen LogP contribution in [0.15, 0.2) is 9.59 Å². The van der Waals surface area contributed by atoms with E-state index in [1.807, 2.05) is 4.57 Å². The maximum absolute atomic E-state index is 12.2. The first kappa shape index (κ1) is 11.1. The van der Waals surface area contributed by atoms with Crippen molar-refractivity contribution in [3.8, 4) is 0 Å². The van der Waals surface area contributed by atoms with Gasteiger partial charge in [-0.05, 0) is 5.92 Å². The molecular formula is C11H15N5O2. The molecule has 3 rings (SSSR count). The third kappa shape index (κ3) is 1.27. The molecule has 1 aliphatic rings. The quantitative estimate of drug-likeness (QED) is 0.683. The molecule has 1 aliphatic heterocycles. The Labute approximate surface area is 103 Å². The van der Waals surface area contributed by atoms with Gasteiger partial charge < -0.3 is 9.88 Å². The van der Waals surface area contributed by atoms with Gasteiger partial charge in [0.25, 0.3) is 5.56 Å². The highest BCUT2D eigenvalue weighted by molar-refractivity contribution is 5.74. The van der Waals surface area contributed by atoms with Crippen LogP contribution in [-0.4, -0.2) is 25.2 Å². The van der Waals surface area contributed by atoms with Crippen LogP contribution in [0.25, 0.3) is 11.2 Å². The van der Waals surface area contributed by atoms with Gasteiger partial charge in [-0.25, -0.2) is 4.79 Å². The number of nitrogens with one attached hydrogen (secondary N) is 1. The minimum Gasteiger partial charge on any atom is -0.355 e. The Hall–Kier alpha value is -2.05. The zero-order chi connectivity index (χ0) is 13.0. The molecule has 0 saturated carbocycles. The first-order valence-corrected chi connectivity index (χ1v) is 5.91. The van der Waals surface area contributed by atoms with Gasteiger partial charge in [0.1, 0.15) is 0 Å². The van der Waals surface area contributed by atoms with Crippen molar-refractivity contribution in [1.29, 1.82) is 0 Å². The van der Waals surface area contributed by atoms with Crippen LogP contribution in [0.5, 0.6) is 0 Å². The summed E-state index contributed by atoms with van der Waals surface area (Å²) in [4.78, 5) is 28.4. The Morgan fingerprint density at radius 3 is 2.72 bits per heavy atom. The van der Waals surface area contributed by atoms with E-state index in [0.717, 1.165) is 17.7 Å². The van der Waals surface area contributed by atoms with Crippen LogP contribution in [0.4, 0.5) is 5.95 Å². The lowest BCUT2D eigenvalue weighted by Gasteiger charge is -2.21. The largest absolute Gasteiger partial charge is 0.355 e. The lowest BCUT2D eigenvalue weighted by atomic mass is 10.1. The lowest BCUT2D eigenvalue weighted by Crippen LogP contribution is -2.38. The van der Waals surface area contributed by atoms with E-state index < -0.39 is 0 Å². The Morgan fingerprint density at radius 2 is 2.00 bits per heavy atom. The van der Waals surface area contributed by atoms with E-state index in [9.17, 15) is 9.59 Å². The highest BCUT2D eigenvalue weighted by atomic mass is 16.2. The zero-order valence-electron chi connectivity index (χ0n) is 10.6. The molecule has 1 N–H and O–H groups in total. The van der Waals surface area contributed by atoms with Crippen molar-refractivity contribution in [2.24, 2.45) is 20.0 Å². The molecule has 0 saturated heterocycles. The minimum atomic E-state index is -0.351. The second-order valence-electron chi connectivity index (χ2n) is 4.91. The topological polar surface area (TPSA) is 73.8 Å². The molecule has 0 bridgehead atoms. The third-order valence-corrected chi connectivity index (χ3v) is 3.45. The molecule has 0 amide bonds. The van der Waals surface area contributed by atoms with Crippen molar-refractivity contribution >= 4 is 17.1 Å². The third-order valence-electron chi connectivity index (χ3n) is 3.45. The number of imidazole rings is 1. The molecule has 96 valence electrons. The van der Waals surface area contributed by atoms with Crippen LogP contribution in [0, 0.1) is 5.92 Å². The van der Waals surface area contributed by atoms with E-state index >= 15 is 0 Å². The molecule has 0 aromatic carbocycles. The van der Waals surface area contributed by atoms with Gasteiger partial charge in [-0.1, -0.05) is 6.92 Å². The van der Waals surface area contributed by atoms with E-state index in [4.69, 9.17) is 0 Å². The second-order valence-corrected chi connectivity index (χ2v) is 4.91. The molecule has 1 atom stereocenters. The first-order valence-electron chi connectivity index (χ1n) is 5.91. The van der Waals surface area contributed by atoms with Crippen molar-refractivity contribution in [2.75, 3.05) is 11.9 Å². The fourth-order valence-electron chi connectivity index (χ4n) is 2.40. The van der Waals surface area contributed by atoms with E-state index in [2.05, 4.69) is 17.2 Å². The fraction of sp³-hybridized carbons (Fsp3) is 0.545. The van der Waals surface area contributed by atoms with Crippen LogP contribution < -0.4 is 16.6 Å². The molecule has 18 heavy (non-hydrogen) atoms.